The molecule has 0 aliphatic heterocycles. The second-order valence-corrected chi connectivity index (χ2v) is 3.61. The zero-order chi connectivity index (χ0) is 11.5. The van der Waals surface area contributed by atoms with Crippen LogP contribution in [0.3, 0.4) is 0 Å². The maximum Gasteiger partial charge on any atom is 0.330 e. The van der Waals surface area contributed by atoms with Crippen molar-refractivity contribution in [2.45, 2.75) is 0 Å². The van der Waals surface area contributed by atoms with Crippen LogP contribution in [0.2, 0.25) is 0 Å². The molecule has 6 heteroatoms. The van der Waals surface area contributed by atoms with Crippen molar-refractivity contribution in [2.75, 3.05) is 0 Å². The summed E-state index contributed by atoms with van der Waals surface area (Å²) in [6.07, 6.45) is 1.39. The van der Waals surface area contributed by atoms with Crippen LogP contribution in [0, 0.1) is 0 Å². The van der Waals surface area contributed by atoms with Crippen molar-refractivity contribution in [3.05, 3.63) is 52.7 Å². The number of halogens is 1. The summed E-state index contributed by atoms with van der Waals surface area (Å²) in [6.45, 7) is 0. The predicted molar refractivity (Wildman–Crippen MR) is 67.9 cm³/mol. The first-order valence-corrected chi connectivity index (χ1v) is 5.58. The molecular formula is C10H8IN3O2. The lowest BCUT2D eigenvalue weighted by molar-refractivity contribution is 0.0983. The maximum absolute atomic E-state index is 11.6. The van der Waals surface area contributed by atoms with E-state index in [1.807, 2.05) is 6.07 Å². The Morgan fingerprint density at radius 3 is 2.62 bits per heavy atom. The highest BCUT2D eigenvalue weighted by molar-refractivity contribution is 14.1. The van der Waals surface area contributed by atoms with Gasteiger partial charge in [0, 0.05) is 6.20 Å². The smallest absolute Gasteiger partial charge is 0.312 e. The lowest BCUT2D eigenvalue weighted by Gasteiger charge is -2.04. The number of rotatable bonds is 2. The molecule has 0 aliphatic rings. The van der Waals surface area contributed by atoms with E-state index >= 15 is 0 Å². The van der Waals surface area contributed by atoms with Crippen molar-refractivity contribution < 1.29 is 4.79 Å². The average molecular weight is 329 g/mol. The van der Waals surface area contributed by atoms with Gasteiger partial charge in [-0.15, -0.1) is 0 Å². The molecule has 2 rings (SSSR count). The van der Waals surface area contributed by atoms with E-state index < -0.39 is 0 Å². The third-order valence-corrected chi connectivity index (χ3v) is 2.60. The molecule has 2 aromatic rings. The third kappa shape index (κ3) is 1.87. The van der Waals surface area contributed by atoms with Crippen molar-refractivity contribution >= 4 is 28.8 Å². The summed E-state index contributed by atoms with van der Waals surface area (Å²) in [6, 6.07) is 8.98. The standard InChI is InChI=1S/C10H8IN3O2/c11-13-9(15)8-6-12-10(16)14(8)7-4-2-1-3-5-7/h1-6H,(H,12,16)(H,13,15). The number of carbonyl (C=O) groups excluding carboxylic acids is 1. The molecule has 0 radical (unpaired) electrons. The number of imidazole rings is 1. The molecular weight excluding hydrogens is 321 g/mol. The molecule has 1 amide bonds. The van der Waals surface area contributed by atoms with Gasteiger partial charge in [0.25, 0.3) is 5.91 Å². The number of aromatic nitrogens is 2. The van der Waals surface area contributed by atoms with Gasteiger partial charge in [0.05, 0.1) is 28.6 Å². The van der Waals surface area contributed by atoms with Crippen LogP contribution in [0.15, 0.2) is 41.3 Å². The predicted octanol–water partition coefficient (Wildman–Crippen LogP) is 1.25. The van der Waals surface area contributed by atoms with Gasteiger partial charge in [-0.1, -0.05) is 18.2 Å². The summed E-state index contributed by atoms with van der Waals surface area (Å²) in [5, 5.41) is 0. The SMILES string of the molecule is O=C(NI)c1c[nH]c(=O)n1-c1ccccc1. The number of nitrogens with zero attached hydrogens (tertiary/aromatic N) is 1. The molecule has 2 N–H and O–H groups in total. The molecule has 0 saturated heterocycles. The Labute approximate surface area is 105 Å². The molecule has 0 unspecified atom stereocenters. The molecule has 0 saturated carbocycles. The minimum absolute atomic E-state index is 0.283. The minimum Gasteiger partial charge on any atom is -0.312 e. The molecule has 16 heavy (non-hydrogen) atoms. The van der Waals surface area contributed by atoms with E-state index in [4.69, 9.17) is 0 Å². The maximum atomic E-state index is 11.6. The van der Waals surface area contributed by atoms with Crippen LogP contribution in [0.25, 0.3) is 5.69 Å². The normalized spacial score (nSPS) is 10.1. The van der Waals surface area contributed by atoms with Gasteiger partial charge in [0.15, 0.2) is 0 Å². The molecule has 5 nitrogen and oxygen atoms in total. The fourth-order valence-electron chi connectivity index (χ4n) is 1.42. The molecule has 0 atom stereocenters. The van der Waals surface area contributed by atoms with Gasteiger partial charge in [-0.2, -0.15) is 0 Å². The van der Waals surface area contributed by atoms with Crippen molar-refractivity contribution in [3.8, 4) is 5.69 Å². The Kier molecular flexibility index (Phi) is 3.09. The summed E-state index contributed by atoms with van der Waals surface area (Å²) in [5.41, 5.74) is 0.607. The average Bonchev–Trinajstić information content (AvgIpc) is 2.71. The summed E-state index contributed by atoms with van der Waals surface area (Å²) in [4.78, 5) is 25.6. The zero-order valence-corrected chi connectivity index (χ0v) is 10.3. The van der Waals surface area contributed by atoms with Gasteiger partial charge in [0.1, 0.15) is 5.69 Å². The Hall–Kier alpha value is -1.57. The zero-order valence-electron chi connectivity index (χ0n) is 8.11. The Bertz CT molecular complexity index is 559. The second kappa shape index (κ2) is 4.52. The number of carbonyl (C=O) groups is 1. The number of benzene rings is 1. The van der Waals surface area contributed by atoms with Gasteiger partial charge < -0.3 is 4.98 Å². The van der Waals surface area contributed by atoms with Crippen LogP contribution in [0.4, 0.5) is 0 Å². The number of H-pyrrole nitrogens is 1. The fourth-order valence-corrected chi connectivity index (χ4v) is 1.69. The first kappa shape index (κ1) is 10.9. The molecule has 1 heterocycles. The summed E-state index contributed by atoms with van der Waals surface area (Å²) in [7, 11) is 0. The molecule has 0 aliphatic carbocycles. The van der Waals surface area contributed by atoms with E-state index in [-0.39, 0.29) is 17.3 Å². The first-order chi connectivity index (χ1) is 7.74. The molecule has 1 aromatic carbocycles. The highest BCUT2D eigenvalue weighted by Crippen LogP contribution is 2.07. The van der Waals surface area contributed by atoms with Crippen molar-refractivity contribution in [1.82, 2.24) is 13.1 Å². The molecule has 0 fully saturated rings. The quantitative estimate of drug-likeness (QED) is 0.643. The van der Waals surface area contributed by atoms with Crippen molar-refractivity contribution in [2.24, 2.45) is 0 Å². The van der Waals surface area contributed by atoms with E-state index in [0.717, 1.165) is 0 Å². The highest BCUT2D eigenvalue weighted by atomic mass is 127. The van der Waals surface area contributed by atoms with E-state index in [1.54, 1.807) is 47.1 Å². The van der Waals surface area contributed by atoms with Crippen LogP contribution in [-0.2, 0) is 0 Å². The van der Waals surface area contributed by atoms with E-state index in [2.05, 4.69) is 8.51 Å². The van der Waals surface area contributed by atoms with Gasteiger partial charge >= 0.3 is 5.69 Å². The second-order valence-electron chi connectivity index (χ2n) is 3.07. The summed E-state index contributed by atoms with van der Waals surface area (Å²) in [5.74, 6) is -0.317. The molecule has 0 spiro atoms. The van der Waals surface area contributed by atoms with Crippen LogP contribution >= 0.6 is 22.9 Å². The van der Waals surface area contributed by atoms with Crippen molar-refractivity contribution in [1.29, 1.82) is 0 Å². The van der Waals surface area contributed by atoms with E-state index in [9.17, 15) is 9.59 Å². The Morgan fingerprint density at radius 1 is 1.31 bits per heavy atom. The van der Waals surface area contributed by atoms with Gasteiger partial charge in [-0.05, 0) is 12.1 Å². The Balaban J connectivity index is 2.61. The van der Waals surface area contributed by atoms with E-state index in [0.29, 0.717) is 5.69 Å². The summed E-state index contributed by atoms with van der Waals surface area (Å²) < 4.78 is 3.78. The van der Waals surface area contributed by atoms with E-state index in [1.165, 1.54) is 10.8 Å². The summed E-state index contributed by atoms with van der Waals surface area (Å²) >= 11 is 1.73. The Morgan fingerprint density at radius 2 is 2.00 bits per heavy atom. The highest BCUT2D eigenvalue weighted by Gasteiger charge is 2.14. The number of aromatic amines is 1. The third-order valence-electron chi connectivity index (χ3n) is 2.11. The van der Waals surface area contributed by atoms with Crippen molar-refractivity contribution in [3.63, 3.8) is 0 Å². The monoisotopic (exact) mass is 329 g/mol. The van der Waals surface area contributed by atoms with Gasteiger partial charge in [-0.25, -0.2) is 4.79 Å². The van der Waals surface area contributed by atoms with Crippen LogP contribution in [0.1, 0.15) is 10.5 Å². The molecule has 0 bridgehead atoms. The largest absolute Gasteiger partial charge is 0.330 e. The number of hydrogen-bond acceptors (Lipinski definition) is 2. The van der Waals surface area contributed by atoms with Crippen LogP contribution in [-0.4, -0.2) is 15.5 Å². The number of para-hydroxylation sites is 1. The van der Waals surface area contributed by atoms with Gasteiger partial charge in [0.2, 0.25) is 0 Å². The topological polar surface area (TPSA) is 66.9 Å². The first-order valence-electron chi connectivity index (χ1n) is 4.51. The lowest BCUT2D eigenvalue weighted by atomic mass is 10.3. The van der Waals surface area contributed by atoms with Crippen LogP contribution < -0.4 is 9.22 Å². The minimum atomic E-state index is -0.332. The number of nitrogens with one attached hydrogen (secondary N) is 2. The number of amides is 1. The van der Waals surface area contributed by atoms with Gasteiger partial charge in [-0.3, -0.25) is 12.9 Å². The molecule has 82 valence electrons. The fraction of sp³-hybridized carbons (Fsp3) is 0. The molecule has 1 aromatic heterocycles. The van der Waals surface area contributed by atoms with Crippen LogP contribution in [0.5, 0.6) is 0 Å². The lowest BCUT2D eigenvalue weighted by Crippen LogP contribution is -2.22. The number of hydrogen-bond donors (Lipinski definition) is 2.